The highest BCUT2D eigenvalue weighted by atomic mass is 16.7. The fourth-order valence-electron chi connectivity index (χ4n) is 11.0. The lowest BCUT2D eigenvalue weighted by atomic mass is 9.72. The van der Waals surface area contributed by atoms with Crippen LogP contribution in [0.5, 0.6) is 0 Å². The number of likely N-dealkylation sites (N-methyl/N-ethyl adjacent to an activating group) is 1. The van der Waals surface area contributed by atoms with E-state index in [2.05, 4.69) is 29.2 Å². The minimum atomic E-state index is -1.41. The van der Waals surface area contributed by atoms with E-state index in [1.807, 2.05) is 90.0 Å². The molecule has 0 bridgehead atoms. The third-order valence-corrected chi connectivity index (χ3v) is 14.5. The summed E-state index contributed by atoms with van der Waals surface area (Å²) < 4.78 is 38.1. The van der Waals surface area contributed by atoms with Gasteiger partial charge in [0.15, 0.2) is 18.0 Å². The van der Waals surface area contributed by atoms with E-state index in [-0.39, 0.29) is 42.9 Å². The first kappa shape index (κ1) is 48.5. The summed E-state index contributed by atoms with van der Waals surface area (Å²) in [6.07, 6.45) is -5.00. The zero-order valence-corrected chi connectivity index (χ0v) is 39.3. The highest BCUT2D eigenvalue weighted by Crippen LogP contribution is 2.46. The minimum absolute atomic E-state index is 0.0569. The lowest BCUT2D eigenvalue weighted by Crippen LogP contribution is -2.66. The molecular formula is C49H71N3O11. The number of ketones is 1. The second kappa shape index (κ2) is 19.7. The number of fused-ring (bicyclic) bond motifs is 1. The van der Waals surface area contributed by atoms with E-state index < -0.39 is 89.7 Å². The van der Waals surface area contributed by atoms with Gasteiger partial charge < -0.3 is 38.4 Å². The fraction of sp³-hybridized carbons (Fsp3) is 0.673. The van der Waals surface area contributed by atoms with Crippen molar-refractivity contribution in [2.24, 2.45) is 23.7 Å². The maximum atomic E-state index is 15.1. The first-order valence-electron chi connectivity index (χ1n) is 22.7. The Morgan fingerprint density at radius 1 is 0.937 bits per heavy atom. The molecule has 63 heavy (non-hydrogen) atoms. The van der Waals surface area contributed by atoms with Crippen LogP contribution >= 0.6 is 0 Å². The highest BCUT2D eigenvalue weighted by molar-refractivity contribution is 5.85. The molecule has 14 heteroatoms. The number of hydrogen-bond donors (Lipinski definition) is 1. The number of amides is 1. The SMILES string of the molecule is CC[C@@H]1OC(=O)[C@H](C)[C@H](O)[C@@H](C)[C@H](O[C@@H]2O[C@H](C)C[C@H](N(C)C)[C@@H]2OC(C)=O)C(C)(OC)C[C@H](C)C(=O)[C@H](C)[C@H]2N(C3CN(C(c4ccccc4)c4ccccc4)C3)C(=O)OC12C. The van der Waals surface area contributed by atoms with E-state index in [1.165, 1.54) is 14.0 Å². The molecule has 0 saturated carbocycles. The maximum Gasteiger partial charge on any atom is 0.411 e. The Morgan fingerprint density at radius 2 is 1.52 bits per heavy atom. The molecule has 1 amide bonds. The molecular weight excluding hydrogens is 807 g/mol. The Balaban J connectivity index is 1.36. The molecule has 4 heterocycles. The average Bonchev–Trinajstić information content (AvgIpc) is 3.51. The number of esters is 2. The summed E-state index contributed by atoms with van der Waals surface area (Å²) in [7, 11) is 5.33. The topological polar surface area (TPSA) is 154 Å². The van der Waals surface area contributed by atoms with Gasteiger partial charge in [0.1, 0.15) is 11.9 Å². The van der Waals surface area contributed by atoms with Crippen LogP contribution in [0.1, 0.15) is 98.7 Å². The number of Topliss-reactive ketones (excluding diaryl/α,β-unsaturated/α-hetero) is 1. The van der Waals surface area contributed by atoms with Crippen molar-refractivity contribution in [1.82, 2.24) is 14.7 Å². The van der Waals surface area contributed by atoms with Gasteiger partial charge in [0.05, 0.1) is 54.0 Å². The number of cyclic esters (lactones) is 1. The number of ether oxygens (including phenoxy) is 6. The molecule has 14 atom stereocenters. The van der Waals surface area contributed by atoms with Crippen molar-refractivity contribution < 1.29 is 52.7 Å². The van der Waals surface area contributed by atoms with Gasteiger partial charge in [-0.15, -0.1) is 0 Å². The van der Waals surface area contributed by atoms with Crippen LogP contribution in [-0.2, 0) is 42.8 Å². The number of nitrogens with zero attached hydrogens (tertiary/aromatic N) is 3. The van der Waals surface area contributed by atoms with Crippen LogP contribution in [0.15, 0.2) is 60.7 Å². The van der Waals surface area contributed by atoms with Crippen LogP contribution in [0.25, 0.3) is 0 Å². The van der Waals surface area contributed by atoms with Gasteiger partial charge in [-0.1, -0.05) is 88.4 Å². The second-order valence-electron chi connectivity index (χ2n) is 19.2. The van der Waals surface area contributed by atoms with Gasteiger partial charge in [-0.3, -0.25) is 24.2 Å². The summed E-state index contributed by atoms with van der Waals surface area (Å²) in [4.78, 5) is 62.2. The Labute approximate surface area is 373 Å². The molecule has 348 valence electrons. The van der Waals surface area contributed by atoms with Gasteiger partial charge in [0, 0.05) is 44.9 Å². The van der Waals surface area contributed by atoms with Crippen LogP contribution in [0.4, 0.5) is 4.79 Å². The van der Waals surface area contributed by atoms with Gasteiger partial charge in [-0.05, 0) is 72.2 Å². The Hall–Kier alpha value is -3.92. The lowest BCUT2D eigenvalue weighted by molar-refractivity contribution is -0.303. The molecule has 2 aromatic carbocycles. The monoisotopic (exact) mass is 878 g/mol. The molecule has 0 aromatic heterocycles. The minimum Gasteiger partial charge on any atom is -0.458 e. The number of methoxy groups -OCH3 is 1. The molecule has 6 rings (SSSR count). The summed E-state index contributed by atoms with van der Waals surface area (Å²) in [5.41, 5.74) is -0.406. The van der Waals surface area contributed by atoms with Gasteiger partial charge in [0.25, 0.3) is 0 Å². The number of benzene rings is 2. The number of likely N-dealkylation sites (tertiary alicyclic amines) is 1. The molecule has 2 unspecified atom stereocenters. The normalized spacial score (nSPS) is 37.5. The molecule has 0 radical (unpaired) electrons. The molecule has 14 nitrogen and oxygen atoms in total. The van der Waals surface area contributed by atoms with Crippen molar-refractivity contribution in [2.75, 3.05) is 34.3 Å². The summed E-state index contributed by atoms with van der Waals surface area (Å²) >= 11 is 0. The van der Waals surface area contributed by atoms with Crippen molar-refractivity contribution in [3.63, 3.8) is 0 Å². The van der Waals surface area contributed by atoms with Gasteiger partial charge in [0.2, 0.25) is 0 Å². The van der Waals surface area contributed by atoms with Crippen molar-refractivity contribution in [3.05, 3.63) is 71.8 Å². The largest absolute Gasteiger partial charge is 0.458 e. The molecule has 0 aliphatic carbocycles. The van der Waals surface area contributed by atoms with Gasteiger partial charge in [-0.25, -0.2) is 4.79 Å². The fourth-order valence-corrected chi connectivity index (χ4v) is 11.0. The molecule has 4 saturated heterocycles. The predicted molar refractivity (Wildman–Crippen MR) is 235 cm³/mol. The zero-order chi connectivity index (χ0) is 46.1. The standard InChI is InChI=1S/C49H71N3O11/c1-13-38-49(9)43(52(47(57)63-49)36-26-51(27-36)39(34-20-16-14-17-21-34)35-22-18-15-19-23-35)30(4)40(54)28(2)25-48(8,58-12)44(31(5)41(55)32(6)45(56)61-38)62-46-42(60-33(7)53)37(50(10)11)24-29(3)59-46/h14-23,28-32,36-39,41-44,46,55H,13,24-27H2,1-12H3/t28-,29+,30-,31+,32+,37-,38-,41+,42-,43+,44-,46-,48?,49?/m0/s1. The molecule has 4 aliphatic rings. The Bertz CT molecular complexity index is 1860. The van der Waals surface area contributed by atoms with E-state index in [0.717, 1.165) is 11.1 Å². The number of aliphatic hydroxyl groups is 1. The summed E-state index contributed by atoms with van der Waals surface area (Å²) in [5, 5.41) is 12.1. The number of hydrogen-bond acceptors (Lipinski definition) is 13. The zero-order valence-electron chi connectivity index (χ0n) is 39.3. The molecule has 2 aromatic rings. The van der Waals surface area contributed by atoms with E-state index in [9.17, 15) is 19.5 Å². The first-order valence-corrected chi connectivity index (χ1v) is 22.7. The van der Waals surface area contributed by atoms with Crippen LogP contribution < -0.4 is 0 Å². The average molecular weight is 878 g/mol. The number of aliphatic hydroxyl groups excluding tert-OH is 1. The quantitative estimate of drug-likeness (QED) is 0.219. The predicted octanol–water partition coefficient (Wildman–Crippen LogP) is 6.03. The second-order valence-corrected chi connectivity index (χ2v) is 19.2. The van der Waals surface area contributed by atoms with Crippen LogP contribution in [-0.4, -0.2) is 144 Å². The third-order valence-electron chi connectivity index (χ3n) is 14.5. The highest BCUT2D eigenvalue weighted by Gasteiger charge is 2.63. The maximum absolute atomic E-state index is 15.1. The van der Waals surface area contributed by atoms with Crippen LogP contribution in [0, 0.1) is 23.7 Å². The molecule has 1 N–H and O–H groups in total. The smallest absolute Gasteiger partial charge is 0.411 e. The number of carbonyl (C=O) groups excluding carboxylic acids is 4. The molecule has 4 aliphatic heterocycles. The number of rotatable bonds is 10. The van der Waals surface area contributed by atoms with Crippen molar-refractivity contribution >= 4 is 23.8 Å². The molecule has 0 spiro atoms. The first-order chi connectivity index (χ1) is 29.8. The van der Waals surface area contributed by atoms with Crippen LogP contribution in [0.2, 0.25) is 0 Å². The number of carbonyl (C=O) groups is 4. The van der Waals surface area contributed by atoms with E-state index >= 15 is 4.79 Å². The van der Waals surface area contributed by atoms with Crippen molar-refractivity contribution in [2.45, 2.75) is 154 Å². The van der Waals surface area contributed by atoms with Gasteiger partial charge in [-0.2, -0.15) is 0 Å². The van der Waals surface area contributed by atoms with Crippen LogP contribution in [0.3, 0.4) is 0 Å². The molecule has 4 fully saturated rings. The van der Waals surface area contributed by atoms with E-state index in [4.69, 9.17) is 28.4 Å². The lowest BCUT2D eigenvalue weighted by Gasteiger charge is -2.51. The summed E-state index contributed by atoms with van der Waals surface area (Å²) in [6.45, 7) is 16.8. The van der Waals surface area contributed by atoms with E-state index in [0.29, 0.717) is 19.5 Å². The Morgan fingerprint density at radius 3 is 2.05 bits per heavy atom. The third kappa shape index (κ3) is 9.72. The Kier molecular flexibility index (Phi) is 15.2. The van der Waals surface area contributed by atoms with Crippen molar-refractivity contribution in [1.29, 1.82) is 0 Å². The summed E-state index contributed by atoms with van der Waals surface area (Å²) in [6, 6.07) is 19.1. The summed E-state index contributed by atoms with van der Waals surface area (Å²) in [5.74, 6) is -4.58. The van der Waals surface area contributed by atoms with Gasteiger partial charge >= 0.3 is 18.0 Å². The van der Waals surface area contributed by atoms with E-state index in [1.54, 1.807) is 25.7 Å². The van der Waals surface area contributed by atoms with Crippen molar-refractivity contribution in [3.8, 4) is 0 Å².